The number of carbonyl (C=O) groups excluding carboxylic acids is 1. The number of aromatic amines is 1. The molecule has 1 fully saturated rings. The van der Waals surface area contributed by atoms with Gasteiger partial charge in [0.25, 0.3) is 0 Å². The third-order valence-corrected chi connectivity index (χ3v) is 7.31. The quantitative estimate of drug-likeness (QED) is 0.411. The van der Waals surface area contributed by atoms with Crippen molar-refractivity contribution in [1.29, 1.82) is 0 Å². The van der Waals surface area contributed by atoms with Crippen LogP contribution in [-0.4, -0.2) is 52.0 Å². The van der Waals surface area contributed by atoms with Gasteiger partial charge in [0.1, 0.15) is 18.0 Å². The minimum Gasteiger partial charge on any atom is -0.382 e. The molecule has 13 heteroatoms. The van der Waals surface area contributed by atoms with Crippen LogP contribution >= 0.6 is 23.2 Å². The second-order valence-corrected chi connectivity index (χ2v) is 9.40. The van der Waals surface area contributed by atoms with E-state index >= 15 is 4.39 Å². The Morgan fingerprint density at radius 3 is 2.83 bits per heavy atom. The minimum absolute atomic E-state index is 0.0413. The van der Waals surface area contributed by atoms with E-state index in [9.17, 15) is 4.79 Å². The van der Waals surface area contributed by atoms with Crippen molar-refractivity contribution >= 4 is 40.5 Å². The number of tetrazole rings is 1. The number of fused-ring (bicyclic) bond motifs is 1. The maximum Gasteiger partial charge on any atom is 0.247 e. The third kappa shape index (κ3) is 3.62. The number of carbonyl (C=O) groups is 1. The molecule has 3 N–H and O–H groups in total. The van der Waals surface area contributed by atoms with Crippen LogP contribution in [0.3, 0.4) is 0 Å². The van der Waals surface area contributed by atoms with E-state index in [1.807, 2.05) is 0 Å². The second kappa shape index (κ2) is 8.68. The van der Waals surface area contributed by atoms with Crippen LogP contribution < -0.4 is 5.73 Å². The fraction of sp³-hybridized carbons (Fsp3) is 0.217. The highest BCUT2D eigenvalue weighted by Gasteiger charge is 2.42. The van der Waals surface area contributed by atoms with Crippen molar-refractivity contribution in [1.82, 2.24) is 40.1 Å². The van der Waals surface area contributed by atoms with Crippen LogP contribution in [0.4, 0.5) is 10.2 Å². The van der Waals surface area contributed by atoms with Crippen LogP contribution in [0.15, 0.2) is 43.0 Å². The first-order valence-electron chi connectivity index (χ1n) is 11.1. The molecule has 1 amide bonds. The summed E-state index contributed by atoms with van der Waals surface area (Å²) in [7, 11) is 0. The van der Waals surface area contributed by atoms with Crippen molar-refractivity contribution in [2.24, 2.45) is 0 Å². The number of aromatic nitrogens is 7. The number of nitrogen functional groups attached to an aromatic ring is 1. The fourth-order valence-electron chi connectivity index (χ4n) is 5.02. The summed E-state index contributed by atoms with van der Waals surface area (Å²) in [5.74, 6) is 0.0303. The van der Waals surface area contributed by atoms with E-state index in [1.54, 1.807) is 29.4 Å². The van der Waals surface area contributed by atoms with E-state index < -0.39 is 5.82 Å². The lowest BCUT2D eigenvalue weighted by molar-refractivity contribution is -0.129. The Labute approximate surface area is 213 Å². The summed E-state index contributed by atoms with van der Waals surface area (Å²) >= 11 is 12.4. The number of nitrogens with two attached hydrogens (primary N) is 1. The van der Waals surface area contributed by atoms with Crippen LogP contribution in [0, 0.1) is 5.82 Å². The molecule has 3 aromatic heterocycles. The fourth-order valence-corrected chi connectivity index (χ4v) is 5.39. The number of pyridine rings is 1. The summed E-state index contributed by atoms with van der Waals surface area (Å²) in [6.45, 7) is 0. The van der Waals surface area contributed by atoms with E-state index in [0.29, 0.717) is 46.2 Å². The number of hydrogen-bond acceptors (Lipinski definition) is 7. The smallest absolute Gasteiger partial charge is 0.247 e. The van der Waals surface area contributed by atoms with Gasteiger partial charge >= 0.3 is 0 Å². The number of benzene rings is 1. The summed E-state index contributed by atoms with van der Waals surface area (Å²) < 4.78 is 16.6. The molecule has 5 heterocycles. The maximum atomic E-state index is 15.3. The molecule has 0 unspecified atom stereocenters. The Morgan fingerprint density at radius 1 is 1.17 bits per heavy atom. The predicted molar refractivity (Wildman–Crippen MR) is 131 cm³/mol. The molecule has 0 aliphatic carbocycles. The maximum absolute atomic E-state index is 15.3. The number of imidazole rings is 1. The van der Waals surface area contributed by atoms with Crippen molar-refractivity contribution in [3.8, 4) is 16.9 Å². The van der Waals surface area contributed by atoms with Gasteiger partial charge in [0.15, 0.2) is 5.82 Å². The summed E-state index contributed by atoms with van der Waals surface area (Å²) in [5.41, 5.74) is 8.37. The summed E-state index contributed by atoms with van der Waals surface area (Å²) in [5, 5.41) is 11.4. The van der Waals surface area contributed by atoms with Gasteiger partial charge in [-0.25, -0.2) is 14.4 Å². The number of nitrogens with zero attached hydrogens (tertiary/aromatic N) is 7. The third-order valence-electron chi connectivity index (χ3n) is 6.62. The number of halogens is 3. The number of nitrogens with one attached hydrogen (secondary N) is 1. The molecule has 182 valence electrons. The molecule has 0 saturated carbocycles. The van der Waals surface area contributed by atoms with Crippen LogP contribution in [0.2, 0.25) is 10.0 Å². The number of amides is 1. The SMILES string of the molecule is Nc1nccc(-c2cnc([C@H]3CC[C@@H]4CC(c5c(-n6cnnn6)ccc(Cl)c5F)=CC(=O)N43)[nH]2)c1Cl. The standard InChI is InChI=1S/C23H18Cl2FN9O/c24-14-2-4-16(34-10-30-32-33-34)19(21(14)26)11-7-12-1-3-17(35(12)18(36)8-11)23-29-9-15(31-23)13-5-6-28-22(27)20(13)25/h2,4-6,8-10,12,17H,1,3,7H2,(H2,27,28)(H,29,31)/t12-,17-/m1/s1. The molecule has 6 rings (SSSR count). The van der Waals surface area contributed by atoms with Gasteiger partial charge in [-0.15, -0.1) is 5.10 Å². The topological polar surface area (TPSA) is 132 Å². The number of anilines is 1. The molecule has 36 heavy (non-hydrogen) atoms. The minimum atomic E-state index is -0.615. The van der Waals surface area contributed by atoms with Gasteiger partial charge in [-0.1, -0.05) is 23.2 Å². The molecular weight excluding hydrogens is 508 g/mol. The lowest BCUT2D eigenvalue weighted by Crippen LogP contribution is -2.39. The number of H-pyrrole nitrogens is 1. The lowest BCUT2D eigenvalue weighted by Gasteiger charge is -2.33. The van der Waals surface area contributed by atoms with Gasteiger partial charge in [-0.05, 0) is 53.5 Å². The molecule has 4 aromatic rings. The van der Waals surface area contributed by atoms with Crippen LogP contribution in [0.25, 0.3) is 22.5 Å². The Morgan fingerprint density at radius 2 is 2.03 bits per heavy atom. The van der Waals surface area contributed by atoms with E-state index in [0.717, 1.165) is 6.42 Å². The zero-order chi connectivity index (χ0) is 25.0. The Hall–Kier alpha value is -3.83. The van der Waals surface area contributed by atoms with Crippen molar-refractivity contribution in [2.45, 2.75) is 31.3 Å². The van der Waals surface area contributed by atoms with Crippen LogP contribution in [0.5, 0.6) is 0 Å². The van der Waals surface area contributed by atoms with Gasteiger partial charge in [0.05, 0.1) is 33.7 Å². The lowest BCUT2D eigenvalue weighted by atomic mass is 9.92. The average Bonchev–Trinajstić information content (AvgIpc) is 3.63. The van der Waals surface area contributed by atoms with Crippen LogP contribution in [-0.2, 0) is 4.79 Å². The van der Waals surface area contributed by atoms with Gasteiger partial charge in [0.2, 0.25) is 5.91 Å². The zero-order valence-electron chi connectivity index (χ0n) is 18.6. The Bertz CT molecular complexity index is 1520. The van der Waals surface area contributed by atoms with E-state index in [4.69, 9.17) is 28.9 Å². The van der Waals surface area contributed by atoms with Crippen molar-refractivity contribution < 1.29 is 9.18 Å². The molecule has 1 aromatic carbocycles. The van der Waals surface area contributed by atoms with Gasteiger partial charge < -0.3 is 15.6 Å². The molecule has 2 aliphatic heterocycles. The molecule has 0 bridgehead atoms. The molecule has 0 spiro atoms. The molecule has 10 nitrogen and oxygen atoms in total. The van der Waals surface area contributed by atoms with Crippen molar-refractivity contribution in [2.75, 3.05) is 5.73 Å². The molecular formula is C23H18Cl2FN9O. The summed E-state index contributed by atoms with van der Waals surface area (Å²) in [6, 6.07) is 4.44. The molecule has 2 aliphatic rings. The van der Waals surface area contributed by atoms with E-state index in [1.165, 1.54) is 23.2 Å². The second-order valence-electron chi connectivity index (χ2n) is 8.62. The number of rotatable bonds is 4. The Kier molecular flexibility index (Phi) is 5.45. The van der Waals surface area contributed by atoms with Crippen molar-refractivity contribution in [3.05, 3.63) is 70.2 Å². The zero-order valence-corrected chi connectivity index (χ0v) is 20.1. The first-order chi connectivity index (χ1) is 17.4. The largest absolute Gasteiger partial charge is 0.382 e. The van der Waals surface area contributed by atoms with Gasteiger partial charge in [-0.3, -0.25) is 4.79 Å². The van der Waals surface area contributed by atoms with Crippen molar-refractivity contribution in [3.63, 3.8) is 0 Å². The Balaban J connectivity index is 1.34. The highest BCUT2D eigenvalue weighted by atomic mass is 35.5. The average molecular weight is 526 g/mol. The van der Waals surface area contributed by atoms with E-state index in [-0.39, 0.29) is 34.4 Å². The summed E-state index contributed by atoms with van der Waals surface area (Å²) in [6.07, 6.45) is 7.95. The first-order valence-corrected chi connectivity index (χ1v) is 11.9. The highest BCUT2D eigenvalue weighted by molar-refractivity contribution is 6.35. The molecule has 2 atom stereocenters. The van der Waals surface area contributed by atoms with Gasteiger partial charge in [-0.2, -0.15) is 4.68 Å². The number of hydrogen-bond donors (Lipinski definition) is 2. The van der Waals surface area contributed by atoms with Crippen LogP contribution in [0.1, 0.15) is 36.7 Å². The normalized spacial score (nSPS) is 19.5. The molecule has 1 saturated heterocycles. The molecule has 0 radical (unpaired) electrons. The monoisotopic (exact) mass is 525 g/mol. The highest BCUT2D eigenvalue weighted by Crippen LogP contribution is 2.44. The van der Waals surface area contributed by atoms with Gasteiger partial charge in [0, 0.05) is 29.4 Å². The first kappa shape index (κ1) is 22.6. The summed E-state index contributed by atoms with van der Waals surface area (Å²) in [4.78, 5) is 27.0. The predicted octanol–water partition coefficient (Wildman–Crippen LogP) is 3.99. The van der Waals surface area contributed by atoms with E-state index in [2.05, 4.69) is 30.5 Å².